The Balaban J connectivity index is 1.30. The van der Waals surface area contributed by atoms with E-state index in [-0.39, 0.29) is 5.91 Å². The predicted molar refractivity (Wildman–Crippen MR) is 92.0 cm³/mol. The quantitative estimate of drug-likeness (QED) is 0.867. The van der Waals surface area contributed by atoms with Crippen LogP contribution in [0.1, 0.15) is 43.0 Å². The summed E-state index contributed by atoms with van der Waals surface area (Å²) in [5, 5.41) is 17.2. The van der Waals surface area contributed by atoms with Gasteiger partial charge in [-0.05, 0) is 38.3 Å². The molecule has 1 unspecified atom stereocenters. The molecule has 0 spiro atoms. The summed E-state index contributed by atoms with van der Waals surface area (Å²) in [6.45, 7) is 2.21. The third kappa shape index (κ3) is 3.49. The zero-order valence-corrected chi connectivity index (χ0v) is 14.4. The average molecular weight is 346 g/mol. The Bertz CT molecular complexity index is 681. The van der Waals surface area contributed by atoms with Crippen molar-refractivity contribution in [2.45, 2.75) is 50.6 Å². The van der Waals surface area contributed by atoms with Crippen molar-refractivity contribution < 1.29 is 4.79 Å². The fourth-order valence-electron chi connectivity index (χ4n) is 3.38. The van der Waals surface area contributed by atoms with E-state index in [4.69, 9.17) is 0 Å². The van der Waals surface area contributed by atoms with Gasteiger partial charge in [0.1, 0.15) is 5.01 Å². The number of anilines is 1. The molecule has 2 aliphatic rings. The van der Waals surface area contributed by atoms with Gasteiger partial charge in [0.15, 0.2) is 0 Å². The molecular formula is C16H22N6OS. The van der Waals surface area contributed by atoms with Gasteiger partial charge in [0.2, 0.25) is 11.0 Å². The molecule has 0 bridgehead atoms. The largest absolute Gasteiger partial charge is 0.299 e. The molecule has 3 heterocycles. The molecule has 0 radical (unpaired) electrons. The van der Waals surface area contributed by atoms with Gasteiger partial charge in [-0.1, -0.05) is 17.8 Å². The Morgan fingerprint density at radius 3 is 2.96 bits per heavy atom. The first-order valence-corrected chi connectivity index (χ1v) is 9.44. The monoisotopic (exact) mass is 346 g/mol. The van der Waals surface area contributed by atoms with E-state index in [1.807, 2.05) is 16.9 Å². The Hall–Kier alpha value is -1.80. The minimum Gasteiger partial charge on any atom is -0.299 e. The highest BCUT2D eigenvalue weighted by molar-refractivity contribution is 7.15. The van der Waals surface area contributed by atoms with Gasteiger partial charge >= 0.3 is 0 Å². The van der Waals surface area contributed by atoms with Gasteiger partial charge < -0.3 is 0 Å². The first-order chi connectivity index (χ1) is 11.8. The molecule has 1 aliphatic carbocycles. The van der Waals surface area contributed by atoms with E-state index < -0.39 is 0 Å². The normalized spacial score (nSPS) is 21.8. The van der Waals surface area contributed by atoms with Gasteiger partial charge in [-0.2, -0.15) is 5.10 Å². The molecule has 4 rings (SSSR count). The fourth-order valence-corrected chi connectivity index (χ4v) is 4.31. The van der Waals surface area contributed by atoms with Crippen molar-refractivity contribution in [3.63, 3.8) is 0 Å². The van der Waals surface area contributed by atoms with Crippen LogP contribution in [0.15, 0.2) is 18.5 Å². The Morgan fingerprint density at radius 2 is 2.21 bits per heavy atom. The minimum absolute atomic E-state index is 0.00123. The molecule has 1 saturated heterocycles. The number of nitrogens with one attached hydrogen (secondary N) is 1. The average Bonchev–Trinajstić information content (AvgIpc) is 3.22. The zero-order chi connectivity index (χ0) is 16.4. The lowest BCUT2D eigenvalue weighted by Crippen LogP contribution is -2.39. The van der Waals surface area contributed by atoms with Gasteiger partial charge in [0.25, 0.3) is 0 Å². The van der Waals surface area contributed by atoms with Crippen LogP contribution in [0.4, 0.5) is 5.13 Å². The SMILES string of the molecule is O=C(CN1CCCC1Cn1cccn1)Nc1nnc(C2CCC2)s1. The number of carbonyl (C=O) groups excluding carboxylic acids is 1. The molecule has 1 N–H and O–H groups in total. The topological polar surface area (TPSA) is 75.9 Å². The zero-order valence-electron chi connectivity index (χ0n) is 13.6. The smallest absolute Gasteiger partial charge is 0.240 e. The predicted octanol–water partition coefficient (Wildman–Crippen LogP) is 2.11. The van der Waals surface area contributed by atoms with Crippen LogP contribution >= 0.6 is 11.3 Å². The van der Waals surface area contributed by atoms with E-state index in [1.165, 1.54) is 30.6 Å². The Labute approximate surface area is 145 Å². The van der Waals surface area contributed by atoms with Crippen LogP contribution in [-0.4, -0.2) is 49.9 Å². The highest BCUT2D eigenvalue weighted by Gasteiger charge is 2.27. The summed E-state index contributed by atoms with van der Waals surface area (Å²) >= 11 is 1.52. The van der Waals surface area contributed by atoms with Crippen molar-refractivity contribution in [3.8, 4) is 0 Å². The van der Waals surface area contributed by atoms with Gasteiger partial charge in [0.05, 0.1) is 13.1 Å². The number of likely N-dealkylation sites (tertiary alicyclic amines) is 1. The van der Waals surface area contributed by atoms with Crippen LogP contribution in [0.5, 0.6) is 0 Å². The highest BCUT2D eigenvalue weighted by Crippen LogP contribution is 2.38. The van der Waals surface area contributed by atoms with E-state index in [1.54, 1.807) is 6.20 Å². The molecule has 24 heavy (non-hydrogen) atoms. The number of amides is 1. The number of rotatable bonds is 6. The first-order valence-electron chi connectivity index (χ1n) is 8.62. The summed E-state index contributed by atoms with van der Waals surface area (Å²) in [5.41, 5.74) is 0. The molecule has 7 nitrogen and oxygen atoms in total. The van der Waals surface area contributed by atoms with Crippen molar-refractivity contribution in [2.75, 3.05) is 18.4 Å². The maximum Gasteiger partial charge on any atom is 0.240 e. The summed E-state index contributed by atoms with van der Waals surface area (Å²) in [7, 11) is 0. The third-order valence-corrected chi connectivity index (χ3v) is 5.95. The lowest BCUT2D eigenvalue weighted by Gasteiger charge is -2.23. The maximum absolute atomic E-state index is 12.3. The number of aromatic nitrogens is 4. The first kappa shape index (κ1) is 15.7. The molecule has 2 aromatic heterocycles. The molecule has 8 heteroatoms. The number of hydrogen-bond donors (Lipinski definition) is 1. The summed E-state index contributed by atoms with van der Waals surface area (Å²) in [5.74, 6) is 0.559. The van der Waals surface area contributed by atoms with Gasteiger partial charge in [-0.3, -0.25) is 19.7 Å². The lowest BCUT2D eigenvalue weighted by atomic mass is 9.86. The second-order valence-electron chi connectivity index (χ2n) is 6.62. The van der Waals surface area contributed by atoms with Gasteiger partial charge in [-0.15, -0.1) is 10.2 Å². The van der Waals surface area contributed by atoms with Crippen LogP contribution in [-0.2, 0) is 11.3 Å². The summed E-state index contributed by atoms with van der Waals surface area (Å²) < 4.78 is 1.94. The van der Waals surface area contributed by atoms with E-state index in [9.17, 15) is 4.79 Å². The molecule has 0 aromatic carbocycles. The van der Waals surface area contributed by atoms with Crippen LogP contribution in [0.3, 0.4) is 0 Å². The van der Waals surface area contributed by atoms with Crippen molar-refractivity contribution in [3.05, 3.63) is 23.5 Å². The molecule has 1 amide bonds. The molecular weight excluding hydrogens is 324 g/mol. The summed E-state index contributed by atoms with van der Waals surface area (Å²) in [4.78, 5) is 14.6. The van der Waals surface area contributed by atoms with E-state index in [0.717, 1.165) is 30.9 Å². The second kappa shape index (κ2) is 6.98. The molecule has 1 aliphatic heterocycles. The summed E-state index contributed by atoms with van der Waals surface area (Å²) in [6, 6.07) is 2.30. The van der Waals surface area contributed by atoms with Crippen LogP contribution < -0.4 is 5.32 Å². The Morgan fingerprint density at radius 1 is 1.29 bits per heavy atom. The van der Waals surface area contributed by atoms with Gasteiger partial charge in [0, 0.05) is 24.4 Å². The van der Waals surface area contributed by atoms with E-state index in [0.29, 0.717) is 23.6 Å². The Kier molecular flexibility index (Phi) is 4.57. The van der Waals surface area contributed by atoms with Crippen LogP contribution in [0, 0.1) is 0 Å². The van der Waals surface area contributed by atoms with Crippen LogP contribution in [0.25, 0.3) is 0 Å². The molecule has 1 atom stereocenters. The van der Waals surface area contributed by atoms with E-state index >= 15 is 0 Å². The van der Waals surface area contributed by atoms with Crippen molar-refractivity contribution >= 4 is 22.4 Å². The maximum atomic E-state index is 12.3. The van der Waals surface area contributed by atoms with Crippen molar-refractivity contribution in [1.29, 1.82) is 0 Å². The van der Waals surface area contributed by atoms with Crippen molar-refractivity contribution in [1.82, 2.24) is 24.9 Å². The van der Waals surface area contributed by atoms with Crippen molar-refractivity contribution in [2.24, 2.45) is 0 Å². The minimum atomic E-state index is -0.00123. The molecule has 2 aromatic rings. The third-order valence-electron chi connectivity index (χ3n) is 4.94. The standard InChI is InChI=1S/C16H22N6OS/c23-14(18-16-20-19-15(24-16)12-4-1-5-12)11-21-8-2-6-13(21)10-22-9-3-7-17-22/h3,7,9,12-13H,1-2,4-6,8,10-11H2,(H,18,20,23). The number of nitrogens with zero attached hydrogens (tertiary/aromatic N) is 5. The summed E-state index contributed by atoms with van der Waals surface area (Å²) in [6.07, 6.45) is 9.68. The molecule has 128 valence electrons. The molecule has 1 saturated carbocycles. The second-order valence-corrected chi connectivity index (χ2v) is 7.63. The fraction of sp³-hybridized carbons (Fsp3) is 0.625. The highest BCUT2D eigenvalue weighted by atomic mass is 32.1. The van der Waals surface area contributed by atoms with Gasteiger partial charge in [-0.25, -0.2) is 0 Å². The lowest BCUT2D eigenvalue weighted by molar-refractivity contribution is -0.117. The van der Waals surface area contributed by atoms with Crippen LogP contribution in [0.2, 0.25) is 0 Å². The van der Waals surface area contributed by atoms with E-state index in [2.05, 4.69) is 25.5 Å². The molecule has 2 fully saturated rings. The number of hydrogen-bond acceptors (Lipinski definition) is 6. The number of carbonyl (C=O) groups is 1.